The zero-order chi connectivity index (χ0) is 13.5. The molecule has 0 aliphatic rings. The molecule has 1 aromatic carbocycles. The molecule has 0 saturated heterocycles. The van der Waals surface area contributed by atoms with Crippen LogP contribution in [0.1, 0.15) is 27.2 Å². The van der Waals surface area contributed by atoms with Crippen LogP contribution in [0.15, 0.2) is 24.3 Å². The molecule has 98 valence electrons. The van der Waals surface area contributed by atoms with Crippen molar-refractivity contribution >= 4 is 28.9 Å². The fourth-order valence-corrected chi connectivity index (χ4v) is 1.52. The summed E-state index contributed by atoms with van der Waals surface area (Å²) in [5, 5.41) is 5.82. The molecule has 0 bridgehead atoms. The molecule has 2 N–H and O–H groups in total. The van der Waals surface area contributed by atoms with E-state index < -0.39 is 0 Å². The number of anilines is 1. The average molecular weight is 266 g/mol. The maximum absolute atomic E-state index is 11.2. The van der Waals surface area contributed by atoms with Crippen molar-refractivity contribution in [2.75, 3.05) is 5.32 Å². The third-order valence-electron chi connectivity index (χ3n) is 2.07. The lowest BCUT2D eigenvalue weighted by molar-refractivity contribution is -0.119. The minimum atomic E-state index is -0.116. The summed E-state index contributed by atoms with van der Waals surface area (Å²) in [6.07, 6.45) is 0.471. The summed E-state index contributed by atoms with van der Waals surface area (Å²) in [7, 11) is 0. The largest absolute Gasteiger partial charge is 0.489 e. The van der Waals surface area contributed by atoms with Crippen LogP contribution in [0.4, 0.5) is 5.69 Å². The molecule has 0 radical (unpaired) electrons. The fraction of sp³-hybridized carbons (Fsp3) is 0.385. The van der Waals surface area contributed by atoms with Crippen LogP contribution in [0.25, 0.3) is 0 Å². The Morgan fingerprint density at radius 2 is 2.06 bits per heavy atom. The van der Waals surface area contributed by atoms with Crippen LogP contribution in [-0.2, 0) is 4.79 Å². The summed E-state index contributed by atoms with van der Waals surface area (Å²) in [5.41, 5.74) is 0.743. The maximum Gasteiger partial charge on any atom is 0.225 e. The minimum Gasteiger partial charge on any atom is -0.489 e. The van der Waals surface area contributed by atoms with Gasteiger partial charge in [0.1, 0.15) is 5.75 Å². The highest BCUT2D eigenvalue weighted by atomic mass is 32.1. The lowest BCUT2D eigenvalue weighted by Gasteiger charge is -2.15. The first-order valence-corrected chi connectivity index (χ1v) is 6.30. The monoisotopic (exact) mass is 266 g/mol. The first kappa shape index (κ1) is 14.4. The summed E-state index contributed by atoms with van der Waals surface area (Å²) in [6, 6.07) is 7.46. The molecule has 5 heteroatoms. The van der Waals surface area contributed by atoms with E-state index in [1.807, 2.05) is 38.1 Å². The Hall–Kier alpha value is -1.62. The van der Waals surface area contributed by atoms with E-state index in [0.717, 1.165) is 5.69 Å². The quantitative estimate of drug-likeness (QED) is 0.823. The van der Waals surface area contributed by atoms with Gasteiger partial charge >= 0.3 is 0 Å². The molecule has 0 heterocycles. The van der Waals surface area contributed by atoms with Crippen molar-refractivity contribution in [3.63, 3.8) is 0 Å². The van der Waals surface area contributed by atoms with Gasteiger partial charge in [0, 0.05) is 6.42 Å². The van der Waals surface area contributed by atoms with Crippen molar-refractivity contribution in [3.8, 4) is 5.75 Å². The average Bonchev–Trinajstić information content (AvgIpc) is 2.30. The zero-order valence-corrected chi connectivity index (χ0v) is 11.6. The summed E-state index contributed by atoms with van der Waals surface area (Å²) in [6.45, 7) is 5.68. The van der Waals surface area contributed by atoms with E-state index in [2.05, 4.69) is 10.6 Å². The van der Waals surface area contributed by atoms with Gasteiger partial charge in [-0.1, -0.05) is 19.1 Å². The van der Waals surface area contributed by atoms with Crippen molar-refractivity contribution in [1.82, 2.24) is 5.32 Å². The van der Waals surface area contributed by atoms with E-state index in [4.69, 9.17) is 17.0 Å². The highest BCUT2D eigenvalue weighted by Gasteiger charge is 2.07. The van der Waals surface area contributed by atoms with Crippen LogP contribution in [0.2, 0.25) is 0 Å². The molecule has 4 nitrogen and oxygen atoms in total. The molecule has 1 aromatic rings. The Bertz CT molecular complexity index is 433. The molecule has 0 fully saturated rings. The van der Waals surface area contributed by atoms with E-state index in [1.165, 1.54) is 0 Å². The molecular weight excluding hydrogens is 248 g/mol. The number of rotatable bonds is 4. The normalized spacial score (nSPS) is 10.0. The molecule has 0 aromatic heterocycles. The number of thiocarbonyl (C=S) groups is 1. The van der Waals surface area contributed by atoms with Gasteiger partial charge < -0.3 is 15.4 Å². The second-order valence-corrected chi connectivity index (χ2v) is 4.43. The van der Waals surface area contributed by atoms with Gasteiger partial charge in [0.25, 0.3) is 0 Å². The number of amides is 1. The number of carbonyl (C=O) groups excluding carboxylic acids is 1. The van der Waals surface area contributed by atoms with Crippen LogP contribution >= 0.6 is 12.2 Å². The van der Waals surface area contributed by atoms with Gasteiger partial charge in [0.2, 0.25) is 5.91 Å². The first-order valence-electron chi connectivity index (χ1n) is 5.89. The smallest absolute Gasteiger partial charge is 0.225 e. The van der Waals surface area contributed by atoms with Gasteiger partial charge in [-0.15, -0.1) is 0 Å². The molecular formula is C13H18N2O2S. The number of hydrogen-bond acceptors (Lipinski definition) is 3. The SMILES string of the molecule is CCC(=O)NC(=S)Nc1ccccc1OC(C)C. The lowest BCUT2D eigenvalue weighted by atomic mass is 10.3. The Kier molecular flexibility index (Phi) is 5.58. The molecule has 0 atom stereocenters. The summed E-state index contributed by atoms with van der Waals surface area (Å²) in [4.78, 5) is 11.2. The van der Waals surface area contributed by atoms with Crippen molar-refractivity contribution in [3.05, 3.63) is 24.3 Å². The van der Waals surface area contributed by atoms with E-state index >= 15 is 0 Å². The highest BCUT2D eigenvalue weighted by Crippen LogP contribution is 2.24. The maximum atomic E-state index is 11.2. The van der Waals surface area contributed by atoms with Crippen LogP contribution in [0, 0.1) is 0 Å². The topological polar surface area (TPSA) is 50.4 Å². The van der Waals surface area contributed by atoms with Crippen LogP contribution in [-0.4, -0.2) is 17.1 Å². The Morgan fingerprint density at radius 1 is 1.39 bits per heavy atom. The Labute approximate surface area is 113 Å². The molecule has 1 amide bonds. The number of carbonyl (C=O) groups is 1. The van der Waals surface area contributed by atoms with Crippen LogP contribution < -0.4 is 15.4 Å². The molecule has 18 heavy (non-hydrogen) atoms. The van der Waals surface area contributed by atoms with Gasteiger partial charge in [-0.3, -0.25) is 4.79 Å². The third kappa shape index (κ3) is 4.71. The molecule has 0 saturated carbocycles. The summed E-state index contributed by atoms with van der Waals surface area (Å²) < 4.78 is 5.64. The van der Waals surface area contributed by atoms with Gasteiger partial charge in [0.05, 0.1) is 11.8 Å². The molecule has 0 spiro atoms. The van der Waals surface area contributed by atoms with Crippen molar-refractivity contribution in [2.24, 2.45) is 0 Å². The Balaban J connectivity index is 2.71. The first-order chi connectivity index (χ1) is 8.52. The predicted molar refractivity (Wildman–Crippen MR) is 76.9 cm³/mol. The van der Waals surface area contributed by atoms with E-state index in [9.17, 15) is 4.79 Å². The van der Waals surface area contributed by atoms with Gasteiger partial charge in [-0.2, -0.15) is 0 Å². The number of hydrogen-bond donors (Lipinski definition) is 2. The van der Waals surface area contributed by atoms with Crippen molar-refractivity contribution < 1.29 is 9.53 Å². The van der Waals surface area contributed by atoms with Gasteiger partial charge in [0.15, 0.2) is 5.11 Å². The van der Waals surface area contributed by atoms with Gasteiger partial charge in [-0.05, 0) is 38.2 Å². The summed E-state index contributed by atoms with van der Waals surface area (Å²) >= 11 is 5.05. The van der Waals surface area contributed by atoms with Crippen LogP contribution in [0.5, 0.6) is 5.75 Å². The number of nitrogens with one attached hydrogen (secondary N) is 2. The van der Waals surface area contributed by atoms with Crippen LogP contribution in [0.3, 0.4) is 0 Å². The summed E-state index contributed by atoms with van der Waals surface area (Å²) in [5.74, 6) is 0.593. The number of benzene rings is 1. The minimum absolute atomic E-state index is 0.0757. The zero-order valence-electron chi connectivity index (χ0n) is 10.8. The highest BCUT2D eigenvalue weighted by molar-refractivity contribution is 7.80. The fourth-order valence-electron chi connectivity index (χ4n) is 1.30. The predicted octanol–water partition coefficient (Wildman–Crippen LogP) is 2.70. The van der Waals surface area contributed by atoms with Gasteiger partial charge in [-0.25, -0.2) is 0 Å². The van der Waals surface area contributed by atoms with E-state index in [-0.39, 0.29) is 17.1 Å². The molecule has 0 unspecified atom stereocenters. The number of para-hydroxylation sites is 2. The standard InChI is InChI=1S/C13H18N2O2S/c1-4-12(16)15-13(18)14-10-7-5-6-8-11(10)17-9(2)3/h5-9H,4H2,1-3H3,(H2,14,15,16,18). The molecule has 0 aliphatic carbocycles. The van der Waals surface area contributed by atoms with E-state index in [1.54, 1.807) is 6.92 Å². The van der Waals surface area contributed by atoms with Crippen molar-refractivity contribution in [2.45, 2.75) is 33.3 Å². The second kappa shape index (κ2) is 6.96. The third-order valence-corrected chi connectivity index (χ3v) is 2.28. The van der Waals surface area contributed by atoms with E-state index in [0.29, 0.717) is 12.2 Å². The molecule has 0 aliphatic heterocycles. The molecule has 1 rings (SSSR count). The lowest BCUT2D eigenvalue weighted by Crippen LogP contribution is -2.33. The Morgan fingerprint density at radius 3 is 2.67 bits per heavy atom. The second-order valence-electron chi connectivity index (χ2n) is 4.02. The number of ether oxygens (including phenoxy) is 1. The van der Waals surface area contributed by atoms with Crippen molar-refractivity contribution in [1.29, 1.82) is 0 Å².